The van der Waals surface area contributed by atoms with Gasteiger partial charge in [0.05, 0.1) is 5.69 Å². The van der Waals surface area contributed by atoms with Crippen LogP contribution in [0.25, 0.3) is 10.6 Å². The summed E-state index contributed by atoms with van der Waals surface area (Å²) in [5.41, 5.74) is 8.87. The van der Waals surface area contributed by atoms with Crippen molar-refractivity contribution < 1.29 is 4.74 Å². The van der Waals surface area contributed by atoms with Crippen LogP contribution in [0.1, 0.15) is 18.5 Å². The normalized spacial score (nSPS) is 15.5. The number of hydrogen-bond donors (Lipinski definition) is 1. The molecule has 1 aliphatic rings. The quantitative estimate of drug-likeness (QED) is 0.862. The van der Waals surface area contributed by atoms with Crippen LogP contribution in [0.4, 0.5) is 5.69 Å². The lowest BCUT2D eigenvalue weighted by molar-refractivity contribution is 0.238. The third-order valence-corrected chi connectivity index (χ3v) is 4.75. The van der Waals surface area contributed by atoms with Crippen molar-refractivity contribution in [3.8, 4) is 16.3 Å². The minimum Gasteiger partial charge on any atom is -0.490 e. The molecular weight excluding hydrogens is 282 g/mol. The average Bonchev–Trinajstić information content (AvgIpc) is 3.12. The summed E-state index contributed by atoms with van der Waals surface area (Å²) in [7, 11) is 0. The number of hydrogen-bond acceptors (Lipinski definition) is 5. The minimum absolute atomic E-state index is 0.682. The van der Waals surface area contributed by atoms with E-state index >= 15 is 0 Å². The molecule has 0 unspecified atom stereocenters. The number of thiazole rings is 1. The predicted octanol–water partition coefficient (Wildman–Crippen LogP) is 3.18. The first-order valence-electron chi connectivity index (χ1n) is 7.39. The van der Waals surface area contributed by atoms with E-state index in [1.807, 2.05) is 30.5 Å². The van der Waals surface area contributed by atoms with Crippen LogP contribution < -0.4 is 10.5 Å². The number of aryl methyl sites for hydroxylation is 1. The lowest BCUT2D eigenvalue weighted by Gasteiger charge is -2.15. The predicted molar refractivity (Wildman–Crippen MR) is 87.9 cm³/mol. The molecule has 0 aliphatic carbocycles. The highest BCUT2D eigenvalue weighted by Gasteiger charge is 2.11. The van der Waals surface area contributed by atoms with Crippen LogP contribution in [0.15, 0.2) is 23.6 Å². The summed E-state index contributed by atoms with van der Waals surface area (Å²) < 4.78 is 5.81. The van der Waals surface area contributed by atoms with Crippen LogP contribution in [0.2, 0.25) is 0 Å². The topological polar surface area (TPSA) is 51.4 Å². The highest BCUT2D eigenvalue weighted by Crippen LogP contribution is 2.30. The molecule has 2 aromatic rings. The Hall–Kier alpha value is -1.59. The fourth-order valence-corrected chi connectivity index (χ4v) is 3.39. The maximum Gasteiger partial charge on any atom is 0.142 e. The Labute approximate surface area is 129 Å². The van der Waals surface area contributed by atoms with Gasteiger partial charge in [0.2, 0.25) is 0 Å². The Morgan fingerprint density at radius 3 is 2.81 bits per heavy atom. The van der Waals surface area contributed by atoms with Crippen molar-refractivity contribution in [3.05, 3.63) is 29.3 Å². The molecule has 0 saturated carbocycles. The second-order valence-electron chi connectivity index (χ2n) is 5.44. The molecule has 21 heavy (non-hydrogen) atoms. The maximum atomic E-state index is 6.10. The number of benzene rings is 1. The molecule has 1 aromatic heterocycles. The van der Waals surface area contributed by atoms with Gasteiger partial charge < -0.3 is 10.5 Å². The summed E-state index contributed by atoms with van der Waals surface area (Å²) >= 11 is 1.64. The molecule has 2 N–H and O–H groups in total. The summed E-state index contributed by atoms with van der Waals surface area (Å²) in [6.45, 7) is 6.06. The smallest absolute Gasteiger partial charge is 0.142 e. The van der Waals surface area contributed by atoms with E-state index in [1.165, 1.54) is 25.9 Å². The molecule has 1 saturated heterocycles. The molecule has 112 valence electrons. The van der Waals surface area contributed by atoms with E-state index in [2.05, 4.69) is 9.88 Å². The number of likely N-dealkylation sites (tertiary alicyclic amines) is 1. The second-order valence-corrected chi connectivity index (χ2v) is 6.30. The second kappa shape index (κ2) is 6.45. The number of rotatable bonds is 5. The van der Waals surface area contributed by atoms with Crippen LogP contribution >= 0.6 is 11.3 Å². The zero-order valence-corrected chi connectivity index (χ0v) is 13.2. The van der Waals surface area contributed by atoms with Crippen molar-refractivity contribution in [2.75, 3.05) is 32.0 Å². The monoisotopic (exact) mass is 303 g/mol. The van der Waals surface area contributed by atoms with Gasteiger partial charge in [0, 0.05) is 23.2 Å². The molecule has 0 bridgehead atoms. The Morgan fingerprint density at radius 2 is 2.14 bits per heavy atom. The Morgan fingerprint density at radius 1 is 1.33 bits per heavy atom. The summed E-state index contributed by atoms with van der Waals surface area (Å²) in [5.74, 6) is 0.770. The van der Waals surface area contributed by atoms with E-state index in [0.717, 1.165) is 28.6 Å². The number of nitrogens with zero attached hydrogens (tertiary/aromatic N) is 2. The van der Waals surface area contributed by atoms with Crippen molar-refractivity contribution in [2.24, 2.45) is 0 Å². The number of anilines is 1. The molecule has 1 fully saturated rings. The van der Waals surface area contributed by atoms with Gasteiger partial charge >= 0.3 is 0 Å². The van der Waals surface area contributed by atoms with Crippen LogP contribution in [-0.2, 0) is 0 Å². The largest absolute Gasteiger partial charge is 0.490 e. The molecule has 0 atom stereocenters. The highest BCUT2D eigenvalue weighted by atomic mass is 32.1. The zero-order valence-electron chi connectivity index (χ0n) is 12.3. The third-order valence-electron chi connectivity index (χ3n) is 3.74. The fraction of sp³-hybridized carbons (Fsp3) is 0.438. The molecule has 1 aromatic carbocycles. The average molecular weight is 303 g/mol. The lowest BCUT2D eigenvalue weighted by Crippen LogP contribution is -2.25. The third kappa shape index (κ3) is 3.54. The summed E-state index contributed by atoms with van der Waals surface area (Å²) in [5, 5.41) is 3.05. The first-order chi connectivity index (χ1) is 10.2. The molecule has 0 spiro atoms. The van der Waals surface area contributed by atoms with Crippen molar-refractivity contribution in [1.82, 2.24) is 9.88 Å². The van der Waals surface area contributed by atoms with E-state index in [0.29, 0.717) is 12.3 Å². The molecule has 0 amide bonds. The first kappa shape index (κ1) is 14.4. The molecule has 5 heteroatoms. The fourth-order valence-electron chi connectivity index (χ4n) is 2.59. The van der Waals surface area contributed by atoms with E-state index in [4.69, 9.17) is 10.5 Å². The molecule has 3 rings (SSSR count). The molecule has 0 radical (unpaired) electrons. The van der Waals surface area contributed by atoms with Crippen LogP contribution in [0.5, 0.6) is 5.75 Å². The van der Waals surface area contributed by atoms with Crippen molar-refractivity contribution >= 4 is 17.0 Å². The highest BCUT2D eigenvalue weighted by molar-refractivity contribution is 7.13. The van der Waals surface area contributed by atoms with Gasteiger partial charge in [-0.05, 0) is 51.1 Å². The van der Waals surface area contributed by atoms with Crippen molar-refractivity contribution in [3.63, 3.8) is 0 Å². The van der Waals surface area contributed by atoms with Gasteiger partial charge in [0.1, 0.15) is 17.4 Å². The van der Waals surface area contributed by atoms with E-state index < -0.39 is 0 Å². The van der Waals surface area contributed by atoms with Crippen molar-refractivity contribution in [2.45, 2.75) is 19.8 Å². The minimum atomic E-state index is 0.682. The zero-order chi connectivity index (χ0) is 14.7. The number of nitrogen functional groups attached to an aromatic ring is 1. The molecule has 2 heterocycles. The van der Waals surface area contributed by atoms with Crippen LogP contribution in [-0.4, -0.2) is 36.1 Å². The summed E-state index contributed by atoms with van der Waals surface area (Å²) in [6, 6.07) is 5.93. The van der Waals surface area contributed by atoms with Gasteiger partial charge in [-0.3, -0.25) is 4.90 Å². The molecule has 1 aliphatic heterocycles. The number of nitrogens with two attached hydrogens (primary N) is 1. The maximum absolute atomic E-state index is 6.10. The van der Waals surface area contributed by atoms with E-state index in [-0.39, 0.29) is 0 Å². The Balaban J connectivity index is 1.61. The van der Waals surface area contributed by atoms with Crippen LogP contribution in [0, 0.1) is 6.92 Å². The summed E-state index contributed by atoms with van der Waals surface area (Å²) in [4.78, 5) is 6.92. The van der Waals surface area contributed by atoms with Gasteiger partial charge in [-0.25, -0.2) is 4.98 Å². The Bertz CT molecular complexity index is 605. The Kier molecular flexibility index (Phi) is 4.41. The first-order valence-corrected chi connectivity index (χ1v) is 8.27. The van der Waals surface area contributed by atoms with Gasteiger partial charge in [0.15, 0.2) is 0 Å². The molecular formula is C16H21N3OS. The standard InChI is InChI=1S/C16H21N3OS/c1-12-11-21-16(18-12)13-4-5-15(14(17)10-13)20-9-8-19-6-2-3-7-19/h4-5,10-11H,2-3,6-9,17H2,1H3. The van der Waals surface area contributed by atoms with Gasteiger partial charge in [-0.2, -0.15) is 0 Å². The van der Waals surface area contributed by atoms with Crippen molar-refractivity contribution in [1.29, 1.82) is 0 Å². The number of aromatic nitrogens is 1. The van der Waals surface area contributed by atoms with E-state index in [9.17, 15) is 0 Å². The molecule has 4 nitrogen and oxygen atoms in total. The van der Waals surface area contributed by atoms with Gasteiger partial charge in [-0.15, -0.1) is 11.3 Å². The summed E-state index contributed by atoms with van der Waals surface area (Å²) in [6.07, 6.45) is 2.62. The van der Waals surface area contributed by atoms with Gasteiger partial charge in [-0.1, -0.05) is 0 Å². The van der Waals surface area contributed by atoms with Gasteiger partial charge in [0.25, 0.3) is 0 Å². The SMILES string of the molecule is Cc1csc(-c2ccc(OCCN3CCCC3)c(N)c2)n1. The lowest BCUT2D eigenvalue weighted by atomic mass is 10.2. The van der Waals surface area contributed by atoms with E-state index in [1.54, 1.807) is 11.3 Å². The number of ether oxygens (including phenoxy) is 1. The van der Waals surface area contributed by atoms with Crippen LogP contribution in [0.3, 0.4) is 0 Å².